The molecule has 0 bridgehead atoms. The van der Waals surface area contributed by atoms with E-state index < -0.39 is 0 Å². The third-order valence-corrected chi connectivity index (χ3v) is 4.62. The number of benzene rings is 3. The van der Waals surface area contributed by atoms with E-state index >= 15 is 0 Å². The zero-order chi connectivity index (χ0) is 16.9. The summed E-state index contributed by atoms with van der Waals surface area (Å²) in [6.07, 6.45) is 1.67. The van der Waals surface area contributed by atoms with Gasteiger partial charge in [0.25, 0.3) is 0 Å². The van der Waals surface area contributed by atoms with Gasteiger partial charge in [0, 0.05) is 27.6 Å². The lowest BCUT2D eigenvalue weighted by Gasteiger charge is -2.06. The van der Waals surface area contributed by atoms with Crippen molar-refractivity contribution in [1.29, 1.82) is 0 Å². The van der Waals surface area contributed by atoms with E-state index in [0.717, 1.165) is 25.1 Å². The van der Waals surface area contributed by atoms with Crippen LogP contribution in [-0.4, -0.2) is 11.3 Å². The lowest BCUT2D eigenvalue weighted by Crippen LogP contribution is -1.88. The lowest BCUT2D eigenvalue weighted by molar-refractivity contribution is 0.470. The van der Waals surface area contributed by atoms with Crippen molar-refractivity contribution in [3.63, 3.8) is 0 Å². The largest absolute Gasteiger partial charge is 0.506 e. The highest BCUT2D eigenvalue weighted by Gasteiger charge is 2.05. The van der Waals surface area contributed by atoms with Gasteiger partial charge in [0.15, 0.2) is 0 Å². The first-order valence-electron chi connectivity index (χ1n) is 7.26. The molecule has 3 nitrogen and oxygen atoms in total. The Labute approximate surface area is 162 Å². The number of para-hydroxylation sites is 1. The summed E-state index contributed by atoms with van der Waals surface area (Å²) in [5, 5.41) is 13.4. The molecular formula is C19H14BrIN2O. The Morgan fingerprint density at radius 2 is 1.62 bits per heavy atom. The average Bonchev–Trinajstić information content (AvgIpc) is 2.59. The van der Waals surface area contributed by atoms with Gasteiger partial charge in [-0.15, -0.1) is 0 Å². The number of phenolic OH excluding ortho intramolecular Hbond substituents is 1. The number of phenols is 1. The standard InChI is InChI=1S/C19H14BrIN2O/c20-14-10-13(19(24)18(21)11-14)12-22-15-6-8-17(9-7-15)23-16-4-2-1-3-5-16/h1-12,23-24H. The Morgan fingerprint density at radius 3 is 2.33 bits per heavy atom. The second-order valence-corrected chi connectivity index (χ2v) is 7.20. The minimum Gasteiger partial charge on any atom is -0.506 e. The minimum atomic E-state index is 0.241. The normalized spacial score (nSPS) is 10.9. The quantitative estimate of drug-likeness (QED) is 0.334. The molecule has 0 aliphatic heterocycles. The molecule has 0 aromatic heterocycles. The highest BCUT2D eigenvalue weighted by atomic mass is 127. The van der Waals surface area contributed by atoms with Crippen LogP contribution in [0.25, 0.3) is 0 Å². The first kappa shape index (κ1) is 17.0. The number of nitrogens with one attached hydrogen (secondary N) is 1. The number of halogens is 2. The molecule has 0 radical (unpaired) electrons. The van der Waals surface area contributed by atoms with Gasteiger partial charge in [-0.25, -0.2) is 0 Å². The molecule has 3 rings (SSSR count). The van der Waals surface area contributed by atoms with Gasteiger partial charge in [0.2, 0.25) is 0 Å². The van der Waals surface area contributed by atoms with Gasteiger partial charge >= 0.3 is 0 Å². The highest BCUT2D eigenvalue weighted by Crippen LogP contribution is 2.28. The van der Waals surface area contributed by atoms with Crippen LogP contribution in [0.15, 0.2) is 76.2 Å². The van der Waals surface area contributed by atoms with E-state index in [4.69, 9.17) is 0 Å². The number of anilines is 2. The van der Waals surface area contributed by atoms with Crippen molar-refractivity contribution in [2.45, 2.75) is 0 Å². The molecule has 0 amide bonds. The van der Waals surface area contributed by atoms with Gasteiger partial charge in [0.1, 0.15) is 5.75 Å². The van der Waals surface area contributed by atoms with Crippen LogP contribution in [0, 0.1) is 3.57 Å². The molecule has 24 heavy (non-hydrogen) atoms. The summed E-state index contributed by atoms with van der Waals surface area (Å²) in [5.41, 5.74) is 3.55. The van der Waals surface area contributed by atoms with Gasteiger partial charge < -0.3 is 10.4 Å². The van der Waals surface area contributed by atoms with Crippen molar-refractivity contribution in [1.82, 2.24) is 0 Å². The molecule has 0 fully saturated rings. The number of rotatable bonds is 4. The predicted octanol–water partition coefficient (Wildman–Crippen LogP) is 6.25. The molecule has 5 heteroatoms. The van der Waals surface area contributed by atoms with Crippen LogP contribution in [0.5, 0.6) is 5.75 Å². The fourth-order valence-electron chi connectivity index (χ4n) is 2.15. The Hall–Kier alpha value is -1.86. The van der Waals surface area contributed by atoms with E-state index in [1.165, 1.54) is 0 Å². The summed E-state index contributed by atoms with van der Waals surface area (Å²) in [6.45, 7) is 0. The molecule has 0 heterocycles. The summed E-state index contributed by atoms with van der Waals surface area (Å²) in [7, 11) is 0. The summed E-state index contributed by atoms with van der Waals surface area (Å²) in [6, 6.07) is 21.5. The molecule has 0 aliphatic carbocycles. The maximum Gasteiger partial charge on any atom is 0.137 e. The van der Waals surface area contributed by atoms with Crippen LogP contribution in [0.4, 0.5) is 17.1 Å². The fourth-order valence-corrected chi connectivity index (χ4v) is 3.70. The van der Waals surface area contributed by atoms with Crippen LogP contribution in [0.2, 0.25) is 0 Å². The van der Waals surface area contributed by atoms with Crippen LogP contribution in [0.3, 0.4) is 0 Å². The first-order chi connectivity index (χ1) is 11.6. The van der Waals surface area contributed by atoms with Gasteiger partial charge in [0.05, 0.1) is 9.26 Å². The molecule has 0 spiro atoms. The maximum absolute atomic E-state index is 10.1. The minimum absolute atomic E-state index is 0.241. The van der Waals surface area contributed by atoms with Crippen molar-refractivity contribution in [3.05, 3.63) is 80.3 Å². The summed E-state index contributed by atoms with van der Waals surface area (Å²) < 4.78 is 1.69. The molecule has 0 atom stereocenters. The monoisotopic (exact) mass is 492 g/mol. The highest BCUT2D eigenvalue weighted by molar-refractivity contribution is 14.1. The summed E-state index contributed by atoms with van der Waals surface area (Å²) in [5.74, 6) is 0.241. The SMILES string of the molecule is Oc1c(I)cc(Br)cc1C=Nc1ccc(Nc2ccccc2)cc1. The number of hydrogen-bond acceptors (Lipinski definition) is 3. The van der Waals surface area contributed by atoms with Crippen LogP contribution < -0.4 is 5.32 Å². The molecule has 120 valence electrons. The topological polar surface area (TPSA) is 44.6 Å². The van der Waals surface area contributed by atoms with Crippen molar-refractivity contribution < 1.29 is 5.11 Å². The Balaban J connectivity index is 1.75. The molecule has 0 unspecified atom stereocenters. The number of aliphatic imine (C=N–C) groups is 1. The van der Waals surface area contributed by atoms with E-state index in [1.54, 1.807) is 6.21 Å². The lowest BCUT2D eigenvalue weighted by atomic mass is 10.2. The fraction of sp³-hybridized carbons (Fsp3) is 0. The molecule has 0 saturated carbocycles. The van der Waals surface area contributed by atoms with Crippen molar-refractivity contribution >= 4 is 61.8 Å². The average molecular weight is 493 g/mol. The molecule has 0 saturated heterocycles. The molecule has 3 aromatic rings. The molecule has 2 N–H and O–H groups in total. The van der Waals surface area contributed by atoms with Gasteiger partial charge in [-0.3, -0.25) is 4.99 Å². The van der Waals surface area contributed by atoms with Crippen LogP contribution >= 0.6 is 38.5 Å². The molecule has 3 aromatic carbocycles. The third-order valence-electron chi connectivity index (χ3n) is 3.34. The zero-order valence-corrected chi connectivity index (χ0v) is 16.3. The summed E-state index contributed by atoms with van der Waals surface area (Å²) >= 11 is 5.52. The zero-order valence-electron chi connectivity index (χ0n) is 12.6. The smallest absolute Gasteiger partial charge is 0.137 e. The number of hydrogen-bond donors (Lipinski definition) is 2. The van der Waals surface area contributed by atoms with Crippen molar-refractivity contribution in [2.75, 3.05) is 5.32 Å². The Kier molecular flexibility index (Phi) is 5.52. The van der Waals surface area contributed by atoms with Gasteiger partial charge in [-0.1, -0.05) is 34.1 Å². The maximum atomic E-state index is 10.1. The van der Waals surface area contributed by atoms with Crippen LogP contribution in [0.1, 0.15) is 5.56 Å². The number of nitrogens with zero attached hydrogens (tertiary/aromatic N) is 1. The second-order valence-electron chi connectivity index (χ2n) is 5.12. The summed E-state index contributed by atoms with van der Waals surface area (Å²) in [4.78, 5) is 4.43. The van der Waals surface area contributed by atoms with E-state index in [1.807, 2.05) is 66.7 Å². The predicted molar refractivity (Wildman–Crippen MR) is 112 cm³/mol. The van der Waals surface area contributed by atoms with E-state index in [9.17, 15) is 5.11 Å². The Bertz CT molecular complexity index is 865. The molecule has 0 aliphatic rings. The van der Waals surface area contributed by atoms with Gasteiger partial charge in [-0.2, -0.15) is 0 Å². The molecular weight excluding hydrogens is 479 g/mol. The number of aromatic hydroxyl groups is 1. The van der Waals surface area contributed by atoms with E-state index in [0.29, 0.717) is 5.56 Å². The van der Waals surface area contributed by atoms with E-state index in [-0.39, 0.29) is 5.75 Å². The first-order valence-corrected chi connectivity index (χ1v) is 9.13. The Morgan fingerprint density at radius 1 is 0.958 bits per heavy atom. The van der Waals surface area contributed by atoms with Crippen molar-refractivity contribution in [3.8, 4) is 5.75 Å². The van der Waals surface area contributed by atoms with Gasteiger partial charge in [-0.05, 0) is 71.1 Å². The third kappa shape index (κ3) is 4.36. The van der Waals surface area contributed by atoms with Crippen LogP contribution in [-0.2, 0) is 0 Å². The second kappa shape index (κ2) is 7.81. The van der Waals surface area contributed by atoms with E-state index in [2.05, 4.69) is 48.8 Å². The van der Waals surface area contributed by atoms with Crippen molar-refractivity contribution in [2.24, 2.45) is 4.99 Å².